The minimum Gasteiger partial charge on any atom is -0.309 e. The minimum absolute atomic E-state index is 0.0323. The van der Waals surface area contributed by atoms with Gasteiger partial charge in [0.05, 0.1) is 11.6 Å². The van der Waals surface area contributed by atoms with E-state index in [2.05, 4.69) is 15.5 Å². The number of hydrogen-bond donors (Lipinski definition) is 1. The Morgan fingerprint density at radius 3 is 2.63 bits per heavy atom. The summed E-state index contributed by atoms with van der Waals surface area (Å²) in [5.74, 6) is -1.65. The third-order valence-electron chi connectivity index (χ3n) is 4.31. The average Bonchev–Trinajstić information content (AvgIpc) is 3.30. The molecule has 1 aliphatic heterocycles. The number of anilines is 2. The molecule has 4 rings (SSSR count). The second kappa shape index (κ2) is 7.24. The van der Waals surface area contributed by atoms with Crippen LogP contribution >= 0.6 is 11.3 Å². The number of carbonyl (C=O) groups excluding carboxylic acids is 2. The SMILES string of the molecule is O=C(Nc1nnc(-c2ccccc2)s1)[C@@H]1CC(=O)N(c2ccccc2F)C1. The number of nitrogens with one attached hydrogen (secondary N) is 1. The van der Waals surface area contributed by atoms with E-state index in [0.29, 0.717) is 10.1 Å². The van der Waals surface area contributed by atoms with E-state index < -0.39 is 11.7 Å². The van der Waals surface area contributed by atoms with Crippen molar-refractivity contribution in [2.75, 3.05) is 16.8 Å². The molecule has 2 heterocycles. The molecule has 0 aliphatic carbocycles. The van der Waals surface area contributed by atoms with Crippen LogP contribution in [0.5, 0.6) is 0 Å². The van der Waals surface area contributed by atoms with Gasteiger partial charge in [-0.15, -0.1) is 10.2 Å². The van der Waals surface area contributed by atoms with E-state index in [9.17, 15) is 14.0 Å². The Morgan fingerprint density at radius 1 is 1.11 bits per heavy atom. The van der Waals surface area contributed by atoms with Gasteiger partial charge in [0.25, 0.3) is 0 Å². The zero-order valence-corrected chi connectivity index (χ0v) is 14.9. The van der Waals surface area contributed by atoms with Crippen LogP contribution in [0.1, 0.15) is 6.42 Å². The number of para-hydroxylation sites is 1. The summed E-state index contributed by atoms with van der Waals surface area (Å²) in [7, 11) is 0. The Hall–Kier alpha value is -3.13. The fourth-order valence-corrected chi connectivity index (χ4v) is 3.72. The third kappa shape index (κ3) is 3.56. The van der Waals surface area contributed by atoms with Crippen molar-refractivity contribution in [3.05, 3.63) is 60.4 Å². The zero-order chi connectivity index (χ0) is 18.8. The predicted octanol–water partition coefficient (Wildman–Crippen LogP) is 3.34. The van der Waals surface area contributed by atoms with Gasteiger partial charge in [-0.3, -0.25) is 9.59 Å². The lowest BCUT2D eigenvalue weighted by Crippen LogP contribution is -2.28. The van der Waals surface area contributed by atoms with Crippen molar-refractivity contribution in [3.8, 4) is 10.6 Å². The first-order valence-electron chi connectivity index (χ1n) is 8.36. The molecule has 1 fully saturated rings. The van der Waals surface area contributed by atoms with Crippen molar-refractivity contribution in [3.63, 3.8) is 0 Å². The highest BCUT2D eigenvalue weighted by Gasteiger charge is 2.36. The van der Waals surface area contributed by atoms with E-state index in [1.807, 2.05) is 30.3 Å². The molecule has 6 nitrogen and oxygen atoms in total. The number of hydrogen-bond acceptors (Lipinski definition) is 5. The monoisotopic (exact) mass is 382 g/mol. The van der Waals surface area contributed by atoms with Crippen molar-refractivity contribution >= 4 is 34.0 Å². The van der Waals surface area contributed by atoms with Gasteiger partial charge in [0.15, 0.2) is 0 Å². The Labute approximate surface area is 158 Å². The first kappa shape index (κ1) is 17.3. The van der Waals surface area contributed by atoms with Gasteiger partial charge in [-0.1, -0.05) is 53.8 Å². The van der Waals surface area contributed by atoms with Crippen LogP contribution in [0.25, 0.3) is 10.6 Å². The predicted molar refractivity (Wildman–Crippen MR) is 101 cm³/mol. The first-order chi connectivity index (χ1) is 13.1. The topological polar surface area (TPSA) is 75.2 Å². The van der Waals surface area contributed by atoms with Crippen LogP contribution in [0.4, 0.5) is 15.2 Å². The molecule has 1 N–H and O–H groups in total. The highest BCUT2D eigenvalue weighted by molar-refractivity contribution is 7.18. The summed E-state index contributed by atoms with van der Waals surface area (Å²) in [5, 5.41) is 11.9. The summed E-state index contributed by atoms with van der Waals surface area (Å²) >= 11 is 1.26. The molecule has 27 heavy (non-hydrogen) atoms. The van der Waals surface area contributed by atoms with Crippen molar-refractivity contribution in [2.24, 2.45) is 5.92 Å². The van der Waals surface area contributed by atoms with Gasteiger partial charge in [-0.05, 0) is 12.1 Å². The van der Waals surface area contributed by atoms with Gasteiger partial charge >= 0.3 is 0 Å². The van der Waals surface area contributed by atoms with Crippen LogP contribution in [0, 0.1) is 11.7 Å². The normalized spacial score (nSPS) is 16.6. The van der Waals surface area contributed by atoms with Gasteiger partial charge in [0.1, 0.15) is 10.8 Å². The van der Waals surface area contributed by atoms with E-state index >= 15 is 0 Å². The fraction of sp³-hybridized carbons (Fsp3) is 0.158. The molecular weight excluding hydrogens is 367 g/mol. The lowest BCUT2D eigenvalue weighted by molar-refractivity contribution is -0.122. The number of rotatable bonds is 4. The third-order valence-corrected chi connectivity index (χ3v) is 5.20. The highest BCUT2D eigenvalue weighted by atomic mass is 32.1. The quantitative estimate of drug-likeness (QED) is 0.751. The molecule has 0 spiro atoms. The number of halogens is 1. The van der Waals surface area contributed by atoms with Gasteiger partial charge in [-0.25, -0.2) is 4.39 Å². The molecule has 2 amide bonds. The maximum Gasteiger partial charge on any atom is 0.231 e. The molecule has 1 aromatic heterocycles. The maximum absolute atomic E-state index is 13.9. The van der Waals surface area contributed by atoms with Gasteiger partial charge in [0, 0.05) is 18.5 Å². The molecule has 1 atom stereocenters. The minimum atomic E-state index is -0.568. The van der Waals surface area contributed by atoms with Crippen molar-refractivity contribution in [2.45, 2.75) is 6.42 Å². The Morgan fingerprint density at radius 2 is 1.85 bits per heavy atom. The van der Waals surface area contributed by atoms with E-state index in [0.717, 1.165) is 5.56 Å². The summed E-state index contributed by atoms with van der Waals surface area (Å²) in [6.07, 6.45) is 0.0323. The van der Waals surface area contributed by atoms with Crippen LogP contribution < -0.4 is 10.2 Å². The van der Waals surface area contributed by atoms with Gasteiger partial charge in [-0.2, -0.15) is 0 Å². The number of benzene rings is 2. The van der Waals surface area contributed by atoms with Gasteiger partial charge in [0.2, 0.25) is 16.9 Å². The summed E-state index contributed by atoms with van der Waals surface area (Å²) in [4.78, 5) is 26.1. The largest absolute Gasteiger partial charge is 0.309 e. The lowest BCUT2D eigenvalue weighted by atomic mass is 10.1. The maximum atomic E-state index is 13.9. The molecule has 2 aromatic carbocycles. The molecule has 8 heteroatoms. The molecular formula is C19H15FN4O2S. The lowest BCUT2D eigenvalue weighted by Gasteiger charge is -2.17. The van der Waals surface area contributed by atoms with Crippen molar-refractivity contribution in [1.82, 2.24) is 10.2 Å². The summed E-state index contributed by atoms with van der Waals surface area (Å²) in [5.41, 5.74) is 1.11. The summed E-state index contributed by atoms with van der Waals surface area (Å²) in [6, 6.07) is 15.6. The summed E-state index contributed by atoms with van der Waals surface area (Å²) in [6.45, 7) is 0.135. The zero-order valence-electron chi connectivity index (χ0n) is 14.1. The molecule has 1 aliphatic rings. The van der Waals surface area contributed by atoms with Crippen LogP contribution in [0.15, 0.2) is 54.6 Å². The molecule has 0 radical (unpaired) electrons. The molecule has 0 unspecified atom stereocenters. The Bertz CT molecular complexity index is 992. The van der Waals surface area contributed by atoms with Crippen molar-refractivity contribution < 1.29 is 14.0 Å². The number of amides is 2. The number of aromatic nitrogens is 2. The molecule has 3 aromatic rings. The van der Waals surface area contributed by atoms with Crippen LogP contribution in [-0.2, 0) is 9.59 Å². The summed E-state index contributed by atoms with van der Waals surface area (Å²) < 4.78 is 13.9. The van der Waals surface area contributed by atoms with Crippen LogP contribution in [0.3, 0.4) is 0 Å². The number of nitrogens with zero attached hydrogens (tertiary/aromatic N) is 3. The average molecular weight is 382 g/mol. The molecule has 0 bridgehead atoms. The molecule has 1 saturated heterocycles. The fourth-order valence-electron chi connectivity index (χ4n) is 2.97. The second-order valence-corrected chi connectivity index (χ2v) is 7.10. The highest BCUT2D eigenvalue weighted by Crippen LogP contribution is 2.29. The van der Waals surface area contributed by atoms with E-state index in [-0.39, 0.29) is 30.5 Å². The van der Waals surface area contributed by atoms with Gasteiger partial charge < -0.3 is 10.2 Å². The molecule has 136 valence electrons. The second-order valence-electron chi connectivity index (χ2n) is 6.12. The van der Waals surface area contributed by atoms with E-state index in [4.69, 9.17) is 0 Å². The molecule has 0 saturated carbocycles. The standard InChI is InChI=1S/C19H15FN4O2S/c20-14-8-4-5-9-15(14)24-11-13(10-16(24)25)17(26)21-19-23-22-18(27-19)12-6-2-1-3-7-12/h1-9,13H,10-11H2,(H,21,23,26)/t13-/m1/s1. The Balaban J connectivity index is 1.45. The van der Waals surface area contributed by atoms with E-state index in [1.54, 1.807) is 12.1 Å². The number of carbonyl (C=O) groups is 2. The Kier molecular flexibility index (Phi) is 4.64. The van der Waals surface area contributed by atoms with E-state index in [1.165, 1.54) is 28.4 Å². The smallest absolute Gasteiger partial charge is 0.231 e. The van der Waals surface area contributed by atoms with Crippen LogP contribution in [0.2, 0.25) is 0 Å². The first-order valence-corrected chi connectivity index (χ1v) is 9.18. The van der Waals surface area contributed by atoms with Crippen LogP contribution in [-0.4, -0.2) is 28.6 Å². The van der Waals surface area contributed by atoms with Crippen molar-refractivity contribution in [1.29, 1.82) is 0 Å².